The number of ether oxygens (including phenoxy) is 3. The minimum absolute atomic E-state index is 0.439. The third kappa shape index (κ3) is 1.88. The van der Waals surface area contributed by atoms with E-state index in [4.69, 9.17) is 19.9 Å². The number of hydrogen-bond donors (Lipinski definition) is 2. The van der Waals surface area contributed by atoms with Gasteiger partial charge in [-0.1, -0.05) is 0 Å². The van der Waals surface area contributed by atoms with E-state index in [1.165, 1.54) is 0 Å². The summed E-state index contributed by atoms with van der Waals surface area (Å²) in [6, 6.07) is -0.567. The summed E-state index contributed by atoms with van der Waals surface area (Å²) in [6.07, 6.45) is -3.03. The van der Waals surface area contributed by atoms with Crippen molar-refractivity contribution in [1.29, 1.82) is 0 Å². The Bertz CT molecular complexity index is 250. The molecule has 2 aliphatic rings. The van der Waals surface area contributed by atoms with Gasteiger partial charge in [0.1, 0.15) is 25.0 Å². The molecule has 0 saturated carbocycles. The Morgan fingerprint density at radius 2 is 2.13 bits per heavy atom. The monoisotopic (exact) mass is 221 g/mol. The quantitative estimate of drug-likeness (QED) is 0.659. The normalized spacial score (nSPS) is 45.4. The van der Waals surface area contributed by atoms with Crippen LogP contribution in [0.25, 0.3) is 0 Å². The Labute approximate surface area is 87.3 Å². The van der Waals surface area contributed by atoms with Crippen LogP contribution in [0.1, 0.15) is 13.8 Å². The van der Waals surface area contributed by atoms with Gasteiger partial charge in [0, 0.05) is 0 Å². The highest BCUT2D eigenvalue weighted by atomic mass is 19.1. The van der Waals surface area contributed by atoms with Crippen LogP contribution in [0.3, 0.4) is 0 Å². The average Bonchev–Trinajstić information content (AvgIpc) is 2.60. The van der Waals surface area contributed by atoms with Crippen LogP contribution >= 0.6 is 0 Å². The first-order chi connectivity index (χ1) is 6.94. The molecule has 15 heavy (non-hydrogen) atoms. The van der Waals surface area contributed by atoms with Crippen molar-refractivity contribution in [2.45, 2.75) is 50.3 Å². The molecule has 2 saturated heterocycles. The Kier molecular flexibility index (Phi) is 2.72. The van der Waals surface area contributed by atoms with Gasteiger partial charge in [-0.15, -0.1) is 0 Å². The van der Waals surface area contributed by atoms with Crippen molar-refractivity contribution in [2.75, 3.05) is 6.67 Å². The van der Waals surface area contributed by atoms with E-state index in [1.807, 2.05) is 0 Å². The molecule has 0 aromatic heterocycles. The average molecular weight is 221 g/mol. The van der Waals surface area contributed by atoms with Crippen molar-refractivity contribution < 1.29 is 23.7 Å². The number of aliphatic hydroxyl groups excluding tert-OH is 1. The van der Waals surface area contributed by atoms with Gasteiger partial charge in [0.2, 0.25) is 0 Å². The lowest BCUT2D eigenvalue weighted by atomic mass is 10.0. The van der Waals surface area contributed by atoms with Gasteiger partial charge in [0.05, 0.1) is 6.04 Å². The van der Waals surface area contributed by atoms with Crippen LogP contribution in [0.2, 0.25) is 0 Å². The number of halogens is 1. The van der Waals surface area contributed by atoms with Crippen LogP contribution < -0.4 is 5.73 Å². The lowest BCUT2D eigenvalue weighted by Crippen LogP contribution is -2.47. The molecule has 0 radical (unpaired) electrons. The van der Waals surface area contributed by atoms with E-state index in [2.05, 4.69) is 0 Å². The third-order valence-electron chi connectivity index (χ3n) is 2.68. The molecule has 2 rings (SSSR count). The van der Waals surface area contributed by atoms with Gasteiger partial charge in [0.25, 0.3) is 0 Å². The van der Waals surface area contributed by atoms with Crippen molar-refractivity contribution in [2.24, 2.45) is 5.73 Å². The van der Waals surface area contributed by atoms with Gasteiger partial charge in [0.15, 0.2) is 12.1 Å². The smallest absolute Gasteiger partial charge is 0.189 e. The largest absolute Gasteiger partial charge is 0.388 e. The van der Waals surface area contributed by atoms with Crippen molar-refractivity contribution in [3.05, 3.63) is 0 Å². The van der Waals surface area contributed by atoms with Gasteiger partial charge in [-0.05, 0) is 13.8 Å². The molecule has 0 aromatic carbocycles. The number of aliphatic hydroxyl groups is 1. The van der Waals surface area contributed by atoms with Crippen molar-refractivity contribution in [3.8, 4) is 0 Å². The molecular formula is C9H16FNO4. The van der Waals surface area contributed by atoms with Crippen LogP contribution in [-0.4, -0.2) is 48.2 Å². The highest BCUT2D eigenvalue weighted by Gasteiger charge is 2.54. The molecule has 2 fully saturated rings. The topological polar surface area (TPSA) is 73.9 Å². The Balaban J connectivity index is 2.05. The summed E-state index contributed by atoms with van der Waals surface area (Å²) in [5, 5.41) is 9.32. The molecule has 88 valence electrons. The number of hydrogen-bond acceptors (Lipinski definition) is 5. The second-order valence-electron chi connectivity index (χ2n) is 4.37. The standard InChI is InChI=1S/C9H16FNO4/c1-9(2)14-7-5(11)6(4(12)3-10)13-8(7)15-9/h4-8,12H,3,11H2,1-2H3/t4-,5-,6-,7-,8-/m1/s1. The Morgan fingerprint density at radius 1 is 1.47 bits per heavy atom. The van der Waals surface area contributed by atoms with Crippen LogP contribution in [0, 0.1) is 0 Å². The molecule has 5 nitrogen and oxygen atoms in total. The molecule has 6 heteroatoms. The molecule has 3 N–H and O–H groups in total. The summed E-state index contributed by atoms with van der Waals surface area (Å²) in [4.78, 5) is 0. The van der Waals surface area contributed by atoms with Gasteiger partial charge >= 0.3 is 0 Å². The molecule has 2 heterocycles. The molecule has 0 aliphatic carbocycles. The third-order valence-corrected chi connectivity index (χ3v) is 2.68. The molecule has 5 atom stereocenters. The molecular weight excluding hydrogens is 205 g/mol. The first-order valence-electron chi connectivity index (χ1n) is 4.95. The van der Waals surface area contributed by atoms with E-state index in [0.717, 1.165) is 0 Å². The first kappa shape index (κ1) is 11.2. The van der Waals surface area contributed by atoms with E-state index in [1.54, 1.807) is 13.8 Å². The summed E-state index contributed by atoms with van der Waals surface area (Å²) in [5.41, 5.74) is 5.81. The lowest BCUT2D eigenvalue weighted by molar-refractivity contribution is -0.216. The zero-order valence-corrected chi connectivity index (χ0v) is 8.72. The molecule has 0 aromatic rings. The second-order valence-corrected chi connectivity index (χ2v) is 4.37. The maximum Gasteiger partial charge on any atom is 0.189 e. The van der Waals surface area contributed by atoms with E-state index >= 15 is 0 Å². The highest BCUT2D eigenvalue weighted by molar-refractivity contribution is 4.98. The van der Waals surface area contributed by atoms with Crippen LogP contribution in [0.15, 0.2) is 0 Å². The first-order valence-corrected chi connectivity index (χ1v) is 4.95. The van der Waals surface area contributed by atoms with Gasteiger partial charge in [-0.3, -0.25) is 0 Å². The van der Waals surface area contributed by atoms with E-state index in [-0.39, 0.29) is 0 Å². The number of rotatable bonds is 2. The predicted molar refractivity (Wildman–Crippen MR) is 48.7 cm³/mol. The maximum absolute atomic E-state index is 12.3. The fourth-order valence-corrected chi connectivity index (χ4v) is 1.99. The summed E-state index contributed by atoms with van der Waals surface area (Å²) in [6.45, 7) is 2.62. The summed E-state index contributed by atoms with van der Waals surface area (Å²) >= 11 is 0. The SMILES string of the molecule is CC1(C)O[C@H]2O[C@H]([C@H](O)CF)[C@@H](N)[C@H]2O1. The van der Waals surface area contributed by atoms with Gasteiger partial charge < -0.3 is 25.1 Å². The van der Waals surface area contributed by atoms with Gasteiger partial charge in [-0.2, -0.15) is 0 Å². The van der Waals surface area contributed by atoms with Crippen LogP contribution in [0.5, 0.6) is 0 Å². The van der Waals surface area contributed by atoms with E-state index in [0.29, 0.717) is 0 Å². The number of alkyl halides is 1. The number of fused-ring (bicyclic) bond motifs is 1. The zero-order chi connectivity index (χ0) is 11.2. The number of nitrogens with two attached hydrogens (primary N) is 1. The van der Waals surface area contributed by atoms with Crippen molar-refractivity contribution in [3.63, 3.8) is 0 Å². The summed E-state index contributed by atoms with van der Waals surface area (Å²) in [7, 11) is 0. The molecule has 0 unspecified atom stereocenters. The van der Waals surface area contributed by atoms with E-state index < -0.39 is 43.1 Å². The predicted octanol–water partition coefficient (Wildman–Crippen LogP) is -0.480. The molecule has 0 bridgehead atoms. The lowest BCUT2D eigenvalue weighted by Gasteiger charge is -2.25. The molecule has 0 spiro atoms. The Morgan fingerprint density at radius 3 is 2.67 bits per heavy atom. The van der Waals surface area contributed by atoms with Crippen molar-refractivity contribution in [1.82, 2.24) is 0 Å². The highest BCUT2D eigenvalue weighted by Crippen LogP contribution is 2.37. The van der Waals surface area contributed by atoms with Crippen LogP contribution in [0.4, 0.5) is 4.39 Å². The van der Waals surface area contributed by atoms with Crippen LogP contribution in [-0.2, 0) is 14.2 Å². The zero-order valence-electron chi connectivity index (χ0n) is 8.72. The fourth-order valence-electron chi connectivity index (χ4n) is 1.99. The summed E-state index contributed by atoms with van der Waals surface area (Å²) < 4.78 is 28.5. The maximum atomic E-state index is 12.3. The molecule has 0 amide bonds. The van der Waals surface area contributed by atoms with Crippen molar-refractivity contribution >= 4 is 0 Å². The minimum Gasteiger partial charge on any atom is -0.388 e. The van der Waals surface area contributed by atoms with Gasteiger partial charge in [-0.25, -0.2) is 4.39 Å². The van der Waals surface area contributed by atoms with E-state index in [9.17, 15) is 9.50 Å². The summed E-state index contributed by atoms with van der Waals surface area (Å²) in [5.74, 6) is -0.738. The minimum atomic E-state index is -1.22. The fraction of sp³-hybridized carbons (Fsp3) is 1.00. The Hall–Kier alpha value is -0.270. The second kappa shape index (κ2) is 3.64. The molecule has 2 aliphatic heterocycles.